The highest BCUT2D eigenvalue weighted by molar-refractivity contribution is 5.54. The topological polar surface area (TPSA) is 64.7 Å². The van der Waals surface area contributed by atoms with Crippen LogP contribution in [0.3, 0.4) is 0 Å². The zero-order chi connectivity index (χ0) is 14.0. The molecule has 1 aliphatic carbocycles. The Bertz CT molecular complexity index is 470. The number of rotatable bonds is 3. The van der Waals surface area contributed by atoms with Gasteiger partial charge in [0, 0.05) is 11.1 Å². The SMILES string of the molecule is COc1cc(C2(N)CCCCC2)c(O)c(F)c1OC. The molecule has 1 saturated carbocycles. The number of hydrogen-bond donors (Lipinski definition) is 2. The van der Waals surface area contributed by atoms with Gasteiger partial charge in [0.2, 0.25) is 11.6 Å². The number of phenols is 1. The normalized spacial score (nSPS) is 18.1. The number of hydrogen-bond acceptors (Lipinski definition) is 4. The van der Waals surface area contributed by atoms with Crippen molar-refractivity contribution in [1.82, 2.24) is 0 Å². The van der Waals surface area contributed by atoms with E-state index in [-0.39, 0.29) is 11.5 Å². The Balaban J connectivity index is 2.54. The predicted octanol–water partition coefficient (Wildman–Crippen LogP) is 2.67. The van der Waals surface area contributed by atoms with Crippen LogP contribution in [0, 0.1) is 5.82 Å². The van der Waals surface area contributed by atoms with Crippen molar-refractivity contribution >= 4 is 0 Å². The maximum atomic E-state index is 14.1. The first-order valence-electron chi connectivity index (χ1n) is 6.46. The Morgan fingerprint density at radius 1 is 1.21 bits per heavy atom. The first kappa shape index (κ1) is 13.9. The molecule has 0 radical (unpaired) electrons. The molecule has 0 spiro atoms. The molecule has 4 nitrogen and oxygen atoms in total. The van der Waals surface area contributed by atoms with Crippen molar-refractivity contribution in [3.8, 4) is 17.2 Å². The Hall–Kier alpha value is -1.49. The third-order valence-corrected chi connectivity index (χ3v) is 3.87. The van der Waals surface area contributed by atoms with Crippen LogP contribution >= 0.6 is 0 Å². The van der Waals surface area contributed by atoms with Crippen LogP contribution in [-0.4, -0.2) is 19.3 Å². The number of methoxy groups -OCH3 is 2. The van der Waals surface area contributed by atoms with Crippen LogP contribution in [0.2, 0.25) is 0 Å². The summed E-state index contributed by atoms with van der Waals surface area (Å²) in [5.41, 5.74) is 6.06. The van der Waals surface area contributed by atoms with Crippen molar-refractivity contribution in [1.29, 1.82) is 0 Å². The third-order valence-electron chi connectivity index (χ3n) is 3.87. The van der Waals surface area contributed by atoms with Gasteiger partial charge in [-0.2, -0.15) is 4.39 Å². The third kappa shape index (κ3) is 2.34. The minimum atomic E-state index is -0.813. The molecule has 1 aromatic carbocycles. The highest BCUT2D eigenvalue weighted by atomic mass is 19.1. The van der Waals surface area contributed by atoms with Gasteiger partial charge in [0.05, 0.1) is 14.2 Å². The standard InChI is InChI=1S/C14H20FNO3/c1-18-10-8-9(12(17)11(15)13(10)19-2)14(16)6-4-3-5-7-14/h8,17H,3-7,16H2,1-2H3. The molecule has 0 aliphatic heterocycles. The molecule has 1 aromatic rings. The van der Waals surface area contributed by atoms with Gasteiger partial charge in [-0.15, -0.1) is 0 Å². The summed E-state index contributed by atoms with van der Waals surface area (Å²) < 4.78 is 24.2. The summed E-state index contributed by atoms with van der Waals surface area (Å²) >= 11 is 0. The van der Waals surface area contributed by atoms with Crippen molar-refractivity contribution in [2.75, 3.05) is 14.2 Å². The molecule has 0 heterocycles. The lowest BCUT2D eigenvalue weighted by atomic mass is 9.77. The van der Waals surface area contributed by atoms with E-state index in [1.165, 1.54) is 14.2 Å². The second-order valence-corrected chi connectivity index (χ2v) is 5.04. The van der Waals surface area contributed by atoms with Gasteiger partial charge in [0.25, 0.3) is 0 Å². The predicted molar refractivity (Wildman–Crippen MR) is 70.1 cm³/mol. The number of phenolic OH excluding ortho intramolecular Hbond substituents is 1. The summed E-state index contributed by atoms with van der Waals surface area (Å²) in [6.07, 6.45) is 4.54. The zero-order valence-corrected chi connectivity index (χ0v) is 11.3. The Morgan fingerprint density at radius 2 is 1.84 bits per heavy atom. The Morgan fingerprint density at radius 3 is 2.37 bits per heavy atom. The lowest BCUT2D eigenvalue weighted by Crippen LogP contribution is -2.38. The molecule has 1 fully saturated rings. The second-order valence-electron chi connectivity index (χ2n) is 5.04. The molecule has 0 atom stereocenters. The molecule has 19 heavy (non-hydrogen) atoms. The molecule has 0 saturated heterocycles. The van der Waals surface area contributed by atoms with Crippen molar-refractivity contribution in [2.24, 2.45) is 5.73 Å². The number of aromatic hydroxyl groups is 1. The average Bonchev–Trinajstić information content (AvgIpc) is 2.42. The zero-order valence-electron chi connectivity index (χ0n) is 11.3. The van der Waals surface area contributed by atoms with E-state index in [2.05, 4.69) is 0 Å². The van der Waals surface area contributed by atoms with E-state index in [0.29, 0.717) is 5.56 Å². The minimum Gasteiger partial charge on any atom is -0.504 e. The summed E-state index contributed by atoms with van der Waals surface area (Å²) in [7, 11) is 2.76. The van der Waals surface area contributed by atoms with Gasteiger partial charge in [-0.05, 0) is 18.9 Å². The van der Waals surface area contributed by atoms with Crippen molar-refractivity contribution in [3.05, 3.63) is 17.4 Å². The highest BCUT2D eigenvalue weighted by Crippen LogP contribution is 2.45. The summed E-state index contributed by atoms with van der Waals surface area (Å²) in [5, 5.41) is 10.1. The molecule has 3 N–H and O–H groups in total. The van der Waals surface area contributed by atoms with Gasteiger partial charge in [0.15, 0.2) is 11.5 Å². The number of halogens is 1. The number of ether oxygens (including phenoxy) is 2. The number of nitrogens with two attached hydrogens (primary N) is 1. The van der Waals surface area contributed by atoms with Crippen molar-refractivity contribution < 1.29 is 19.0 Å². The van der Waals surface area contributed by atoms with Crippen molar-refractivity contribution in [3.63, 3.8) is 0 Å². The molecule has 5 heteroatoms. The summed E-state index contributed by atoms with van der Waals surface area (Å²) in [6.45, 7) is 0. The fourth-order valence-corrected chi connectivity index (χ4v) is 2.77. The van der Waals surface area contributed by atoms with Gasteiger partial charge >= 0.3 is 0 Å². The summed E-state index contributed by atoms with van der Waals surface area (Å²) in [4.78, 5) is 0. The van der Waals surface area contributed by atoms with E-state index in [0.717, 1.165) is 32.1 Å². The molecule has 0 unspecified atom stereocenters. The van der Waals surface area contributed by atoms with Crippen LogP contribution in [0.4, 0.5) is 4.39 Å². The highest BCUT2D eigenvalue weighted by Gasteiger charge is 2.35. The van der Waals surface area contributed by atoms with E-state index in [4.69, 9.17) is 15.2 Å². The van der Waals surface area contributed by atoms with Gasteiger partial charge < -0.3 is 20.3 Å². The van der Waals surface area contributed by atoms with Crippen LogP contribution < -0.4 is 15.2 Å². The van der Waals surface area contributed by atoms with Crippen LogP contribution in [0.1, 0.15) is 37.7 Å². The van der Waals surface area contributed by atoms with E-state index in [1.807, 2.05) is 0 Å². The van der Waals surface area contributed by atoms with Gasteiger partial charge in [-0.1, -0.05) is 19.3 Å². The smallest absolute Gasteiger partial charge is 0.210 e. The molecular formula is C14H20FNO3. The maximum absolute atomic E-state index is 14.1. The second kappa shape index (κ2) is 5.25. The molecular weight excluding hydrogens is 249 g/mol. The van der Waals surface area contributed by atoms with Crippen molar-refractivity contribution in [2.45, 2.75) is 37.6 Å². The fraction of sp³-hybridized carbons (Fsp3) is 0.571. The number of benzene rings is 1. The van der Waals surface area contributed by atoms with E-state index in [9.17, 15) is 9.50 Å². The van der Waals surface area contributed by atoms with Crippen LogP contribution in [0.5, 0.6) is 17.2 Å². The summed E-state index contributed by atoms with van der Waals surface area (Å²) in [5.74, 6) is -1.08. The monoisotopic (exact) mass is 269 g/mol. The molecule has 0 amide bonds. The van der Waals surface area contributed by atoms with Crippen LogP contribution in [0.15, 0.2) is 6.07 Å². The van der Waals surface area contributed by atoms with Crippen LogP contribution in [0.25, 0.3) is 0 Å². The Kier molecular flexibility index (Phi) is 3.85. The first-order valence-corrected chi connectivity index (χ1v) is 6.46. The van der Waals surface area contributed by atoms with Gasteiger partial charge in [0.1, 0.15) is 0 Å². The Labute approximate surface area is 112 Å². The molecule has 0 bridgehead atoms. The average molecular weight is 269 g/mol. The minimum absolute atomic E-state index is 0.0943. The lowest BCUT2D eigenvalue weighted by Gasteiger charge is -2.34. The quantitative estimate of drug-likeness (QED) is 0.885. The summed E-state index contributed by atoms with van der Waals surface area (Å²) in [6, 6.07) is 1.59. The fourth-order valence-electron chi connectivity index (χ4n) is 2.77. The van der Waals surface area contributed by atoms with Crippen LogP contribution in [-0.2, 0) is 5.54 Å². The molecule has 106 valence electrons. The first-order chi connectivity index (χ1) is 9.03. The maximum Gasteiger partial charge on any atom is 0.210 e. The largest absolute Gasteiger partial charge is 0.504 e. The molecule has 1 aliphatic rings. The van der Waals surface area contributed by atoms with E-state index < -0.39 is 17.1 Å². The van der Waals surface area contributed by atoms with E-state index >= 15 is 0 Å². The molecule has 0 aromatic heterocycles. The lowest BCUT2D eigenvalue weighted by molar-refractivity contribution is 0.278. The van der Waals surface area contributed by atoms with Gasteiger partial charge in [-0.25, -0.2) is 0 Å². The van der Waals surface area contributed by atoms with E-state index in [1.54, 1.807) is 6.07 Å². The van der Waals surface area contributed by atoms with Gasteiger partial charge in [-0.3, -0.25) is 0 Å². The molecule has 2 rings (SSSR count).